The van der Waals surface area contributed by atoms with Crippen LogP contribution in [0, 0.1) is 6.92 Å². The van der Waals surface area contributed by atoms with E-state index in [1.807, 2.05) is 6.92 Å². The van der Waals surface area contributed by atoms with Crippen molar-refractivity contribution < 1.29 is 17.6 Å². The number of Topliss-reactive ketones (excluding diaryl/α,β-unsaturated/α-hetero) is 1. The molecule has 0 spiro atoms. The Bertz CT molecular complexity index is 937. The zero-order valence-corrected chi connectivity index (χ0v) is 17.0. The van der Waals surface area contributed by atoms with Crippen LogP contribution in [0.1, 0.15) is 34.2 Å². The quantitative estimate of drug-likeness (QED) is 0.607. The first-order valence-electron chi connectivity index (χ1n) is 8.24. The molecule has 2 aromatic rings. The predicted molar refractivity (Wildman–Crippen MR) is 99.3 cm³/mol. The number of ketones is 1. The van der Waals surface area contributed by atoms with E-state index < -0.39 is 18.1 Å². The number of rotatable bonds is 4. The molecule has 0 bridgehead atoms. The molecule has 1 aromatic heterocycles. The van der Waals surface area contributed by atoms with Crippen LogP contribution in [0.25, 0.3) is 0 Å². The van der Waals surface area contributed by atoms with Crippen molar-refractivity contribution in [2.24, 2.45) is 0 Å². The average molecular weight is 378 g/mol. The van der Waals surface area contributed by atoms with Crippen molar-refractivity contribution in [2.45, 2.75) is 51.5 Å². The predicted octanol–water partition coefficient (Wildman–Crippen LogP) is 3.04. The van der Waals surface area contributed by atoms with Gasteiger partial charge in [-0.3, -0.25) is 4.79 Å². The van der Waals surface area contributed by atoms with Gasteiger partial charge < -0.3 is 4.42 Å². The molecule has 0 aliphatic carbocycles. The molecule has 25 heavy (non-hydrogen) atoms. The Morgan fingerprint density at radius 3 is 2.16 bits per heavy atom. The van der Waals surface area contributed by atoms with E-state index in [4.69, 9.17) is 4.42 Å². The Balaban J connectivity index is 2.03. The lowest BCUT2D eigenvalue weighted by molar-refractivity contribution is 0.0986. The van der Waals surface area contributed by atoms with Crippen LogP contribution in [0.3, 0.4) is 0 Å². The Hall–Kier alpha value is -1.70. The molecular weight excluding hydrogens is 354 g/mol. The number of nitrogens with zero attached hydrogens (tertiary/aromatic N) is 1. The molecule has 3 rings (SSSR count). The first kappa shape index (κ1) is 18.1. The van der Waals surface area contributed by atoms with Crippen molar-refractivity contribution >= 4 is 29.3 Å². The normalized spacial score (nSPS) is 15.4. The minimum absolute atomic E-state index is 0.157. The zero-order valence-electron chi connectivity index (χ0n) is 15.2. The smallest absolute Gasteiger partial charge is 0.243 e. The molecule has 0 saturated carbocycles. The highest BCUT2D eigenvalue weighted by molar-refractivity contribution is 7.89. The SMILES string of the molecule is CC(=O)c1oc([Si](C)(C)C)c2c1CN(S(=O)(=O)c1ccc(C)cc1)C2. The van der Waals surface area contributed by atoms with E-state index in [0.717, 1.165) is 22.1 Å². The largest absolute Gasteiger partial charge is 0.462 e. The van der Waals surface area contributed by atoms with E-state index in [2.05, 4.69) is 19.6 Å². The third kappa shape index (κ3) is 3.12. The highest BCUT2D eigenvalue weighted by Crippen LogP contribution is 2.32. The van der Waals surface area contributed by atoms with Crippen LogP contribution in [-0.4, -0.2) is 26.6 Å². The Labute approximate surface area is 149 Å². The molecule has 0 N–H and O–H groups in total. The van der Waals surface area contributed by atoms with Crippen molar-refractivity contribution in [2.75, 3.05) is 0 Å². The van der Waals surface area contributed by atoms with Gasteiger partial charge in [0.2, 0.25) is 10.0 Å². The van der Waals surface area contributed by atoms with Gasteiger partial charge in [-0.05, 0) is 19.1 Å². The number of carbonyl (C=O) groups excluding carboxylic acids is 1. The molecule has 1 aliphatic heterocycles. The van der Waals surface area contributed by atoms with Gasteiger partial charge in [-0.1, -0.05) is 37.3 Å². The fraction of sp³-hybridized carbons (Fsp3) is 0.389. The number of carbonyl (C=O) groups is 1. The standard InChI is InChI=1S/C18H23NO4SSi/c1-12-6-8-14(9-7-12)24(21,22)19-10-15-16(11-19)18(25(3,4)5)23-17(15)13(2)20/h6-9H,10-11H2,1-5H3. The van der Waals surface area contributed by atoms with Crippen LogP contribution in [0.5, 0.6) is 0 Å². The maximum atomic E-state index is 13.0. The van der Waals surface area contributed by atoms with Gasteiger partial charge in [0, 0.05) is 31.1 Å². The number of fused-ring (bicyclic) bond motifs is 1. The van der Waals surface area contributed by atoms with Crippen LogP contribution in [0.2, 0.25) is 19.6 Å². The van der Waals surface area contributed by atoms with Crippen molar-refractivity contribution in [1.82, 2.24) is 4.31 Å². The van der Waals surface area contributed by atoms with Gasteiger partial charge in [-0.25, -0.2) is 8.42 Å². The van der Waals surface area contributed by atoms with Crippen molar-refractivity contribution in [3.8, 4) is 0 Å². The molecule has 7 heteroatoms. The molecule has 0 saturated heterocycles. The number of furan rings is 1. The highest BCUT2D eigenvalue weighted by Gasteiger charge is 2.40. The fourth-order valence-corrected chi connectivity index (χ4v) is 6.08. The summed E-state index contributed by atoms with van der Waals surface area (Å²) < 4.78 is 33.3. The highest BCUT2D eigenvalue weighted by atomic mass is 32.2. The molecule has 1 aliphatic rings. The number of aryl methyl sites for hydroxylation is 1. The second kappa shape index (κ2) is 5.93. The number of sulfonamides is 1. The van der Waals surface area contributed by atoms with Crippen molar-refractivity contribution in [1.29, 1.82) is 0 Å². The van der Waals surface area contributed by atoms with E-state index in [9.17, 15) is 13.2 Å². The lowest BCUT2D eigenvalue weighted by Gasteiger charge is -2.18. The number of benzene rings is 1. The summed E-state index contributed by atoms with van der Waals surface area (Å²) in [5.41, 5.74) is 2.64. The summed E-state index contributed by atoms with van der Waals surface area (Å²) >= 11 is 0. The minimum atomic E-state index is -3.60. The lowest BCUT2D eigenvalue weighted by Crippen LogP contribution is -2.39. The van der Waals surface area contributed by atoms with Crippen molar-refractivity contribution in [3.05, 3.63) is 46.7 Å². The minimum Gasteiger partial charge on any atom is -0.462 e. The van der Waals surface area contributed by atoms with E-state index in [1.54, 1.807) is 24.3 Å². The van der Waals surface area contributed by atoms with Gasteiger partial charge in [-0.15, -0.1) is 0 Å². The Kier molecular flexibility index (Phi) is 4.29. The molecule has 2 heterocycles. The molecule has 1 aromatic carbocycles. The molecule has 0 radical (unpaired) electrons. The van der Waals surface area contributed by atoms with Crippen LogP contribution in [0.4, 0.5) is 0 Å². The van der Waals surface area contributed by atoms with Gasteiger partial charge in [0.25, 0.3) is 0 Å². The second-order valence-corrected chi connectivity index (χ2v) is 14.5. The number of hydrogen-bond acceptors (Lipinski definition) is 4. The van der Waals surface area contributed by atoms with Gasteiger partial charge >= 0.3 is 0 Å². The van der Waals surface area contributed by atoms with E-state index in [0.29, 0.717) is 5.76 Å². The molecule has 0 unspecified atom stereocenters. The molecule has 0 atom stereocenters. The molecule has 5 nitrogen and oxygen atoms in total. The maximum Gasteiger partial charge on any atom is 0.243 e. The van der Waals surface area contributed by atoms with Crippen LogP contribution in [0.15, 0.2) is 33.6 Å². The Morgan fingerprint density at radius 2 is 1.64 bits per heavy atom. The third-order valence-electron chi connectivity index (χ3n) is 4.45. The Morgan fingerprint density at radius 1 is 1.08 bits per heavy atom. The summed E-state index contributed by atoms with van der Waals surface area (Å²) in [5, 5.41) is 0.828. The van der Waals surface area contributed by atoms with Crippen LogP contribution >= 0.6 is 0 Å². The van der Waals surface area contributed by atoms with Crippen LogP contribution in [-0.2, 0) is 23.1 Å². The fourth-order valence-electron chi connectivity index (χ4n) is 3.16. The van der Waals surface area contributed by atoms with Gasteiger partial charge in [0.15, 0.2) is 11.5 Å². The maximum absolute atomic E-state index is 13.0. The molecule has 0 fully saturated rings. The van der Waals surface area contributed by atoms with Crippen LogP contribution < -0.4 is 5.38 Å². The van der Waals surface area contributed by atoms with Crippen molar-refractivity contribution in [3.63, 3.8) is 0 Å². The zero-order chi connectivity index (χ0) is 18.6. The average Bonchev–Trinajstić information content (AvgIpc) is 3.05. The second-order valence-electron chi connectivity index (χ2n) is 7.61. The van der Waals surface area contributed by atoms with Gasteiger partial charge in [-0.2, -0.15) is 4.31 Å². The summed E-state index contributed by atoms with van der Waals surface area (Å²) in [6, 6.07) is 6.84. The monoisotopic (exact) mass is 377 g/mol. The summed E-state index contributed by atoms with van der Waals surface area (Å²) in [5.74, 6) is 0.157. The number of hydrogen-bond donors (Lipinski definition) is 0. The van der Waals surface area contributed by atoms with E-state index in [1.165, 1.54) is 11.2 Å². The van der Waals surface area contributed by atoms with Gasteiger partial charge in [0.1, 0.15) is 8.07 Å². The first-order valence-corrected chi connectivity index (χ1v) is 13.2. The lowest BCUT2D eigenvalue weighted by atomic mass is 10.1. The molecule has 134 valence electrons. The summed E-state index contributed by atoms with van der Waals surface area (Å²) in [6.45, 7) is 10.2. The summed E-state index contributed by atoms with van der Waals surface area (Å²) in [7, 11) is -5.43. The topological polar surface area (TPSA) is 67.6 Å². The summed E-state index contributed by atoms with van der Waals surface area (Å²) in [4.78, 5) is 12.2. The third-order valence-corrected chi connectivity index (χ3v) is 8.02. The molecular formula is C18H23NO4SSi. The first-order chi connectivity index (χ1) is 11.5. The summed E-state index contributed by atoms with van der Waals surface area (Å²) in [6.07, 6.45) is 0. The van der Waals surface area contributed by atoms with E-state index >= 15 is 0 Å². The molecule has 0 amide bonds. The van der Waals surface area contributed by atoms with E-state index in [-0.39, 0.29) is 23.8 Å². The van der Waals surface area contributed by atoms with Gasteiger partial charge in [0.05, 0.1) is 10.3 Å².